The fourth-order valence-electron chi connectivity index (χ4n) is 2.72. The molecule has 1 atom stereocenters. The lowest BCUT2D eigenvalue weighted by Crippen LogP contribution is -2.49. The Bertz CT molecular complexity index is 864. The van der Waals surface area contributed by atoms with E-state index in [4.69, 9.17) is 16.3 Å². The molecule has 0 saturated heterocycles. The lowest BCUT2D eigenvalue weighted by molar-refractivity contribution is -0.142. The Hall–Kier alpha value is -2.12. The van der Waals surface area contributed by atoms with Gasteiger partial charge in [-0.25, -0.2) is 4.39 Å². The average molecular weight is 500 g/mol. The minimum absolute atomic E-state index is 0.152. The van der Waals surface area contributed by atoms with Crippen LogP contribution in [0.25, 0.3) is 0 Å². The third kappa shape index (κ3) is 7.29. The highest BCUT2D eigenvalue weighted by Gasteiger charge is 2.26. The van der Waals surface area contributed by atoms with Crippen LogP contribution in [0.2, 0.25) is 5.02 Å². The smallest absolute Gasteiger partial charge is 0.261 e. The zero-order chi connectivity index (χ0) is 22.1. The maximum atomic E-state index is 13.2. The summed E-state index contributed by atoms with van der Waals surface area (Å²) < 4.78 is 19.6. The molecule has 8 heteroatoms. The first-order valence-corrected chi connectivity index (χ1v) is 10.9. The Labute approximate surface area is 189 Å². The van der Waals surface area contributed by atoms with Crippen molar-refractivity contribution >= 4 is 39.3 Å². The van der Waals surface area contributed by atoms with Crippen LogP contribution in [0.15, 0.2) is 46.9 Å². The minimum atomic E-state index is -0.719. The first-order chi connectivity index (χ1) is 14.3. The molecule has 0 bridgehead atoms. The number of halogens is 3. The summed E-state index contributed by atoms with van der Waals surface area (Å²) in [5, 5.41) is 3.21. The molecule has 1 N–H and O–H groups in total. The van der Waals surface area contributed by atoms with Gasteiger partial charge in [-0.05, 0) is 49.2 Å². The molecule has 0 aliphatic rings. The number of nitrogens with one attached hydrogen (secondary N) is 1. The molecule has 0 aliphatic carbocycles. The molecule has 0 unspecified atom stereocenters. The fourth-order valence-corrected chi connectivity index (χ4v) is 3.45. The van der Waals surface area contributed by atoms with Crippen LogP contribution >= 0.6 is 27.5 Å². The zero-order valence-electron chi connectivity index (χ0n) is 17.0. The molecule has 0 aliphatic heterocycles. The van der Waals surface area contributed by atoms with Gasteiger partial charge in [0.05, 0.1) is 5.02 Å². The Morgan fingerprint density at radius 1 is 1.23 bits per heavy atom. The second-order valence-corrected chi connectivity index (χ2v) is 8.15. The van der Waals surface area contributed by atoms with Gasteiger partial charge in [0, 0.05) is 17.6 Å². The van der Waals surface area contributed by atoms with Crippen LogP contribution in [0.5, 0.6) is 5.75 Å². The number of hydrogen-bond acceptors (Lipinski definition) is 3. The molecule has 0 spiro atoms. The predicted molar refractivity (Wildman–Crippen MR) is 119 cm³/mol. The molecule has 0 aromatic heterocycles. The second kappa shape index (κ2) is 11.9. The molecule has 5 nitrogen and oxygen atoms in total. The van der Waals surface area contributed by atoms with Gasteiger partial charge >= 0.3 is 0 Å². The molecule has 162 valence electrons. The quantitative estimate of drug-likeness (QED) is 0.470. The summed E-state index contributed by atoms with van der Waals surface area (Å²) in [6.07, 6.45) is 1.81. The van der Waals surface area contributed by atoms with Gasteiger partial charge in [-0.1, -0.05) is 53.0 Å². The van der Waals surface area contributed by atoms with E-state index in [9.17, 15) is 14.0 Å². The van der Waals surface area contributed by atoms with Crippen LogP contribution in [-0.2, 0) is 16.1 Å². The van der Waals surface area contributed by atoms with Crippen molar-refractivity contribution in [1.29, 1.82) is 0 Å². The Morgan fingerprint density at radius 2 is 1.93 bits per heavy atom. The normalized spacial score (nSPS) is 11.6. The van der Waals surface area contributed by atoms with E-state index in [0.29, 0.717) is 22.9 Å². The molecule has 0 radical (unpaired) electrons. The fraction of sp³-hybridized carbons (Fsp3) is 0.364. The third-order valence-corrected chi connectivity index (χ3v) is 5.30. The van der Waals surface area contributed by atoms with Gasteiger partial charge < -0.3 is 15.0 Å². The van der Waals surface area contributed by atoms with Gasteiger partial charge in [0.25, 0.3) is 5.91 Å². The Kier molecular flexibility index (Phi) is 9.59. The van der Waals surface area contributed by atoms with E-state index in [1.54, 1.807) is 37.3 Å². The van der Waals surface area contributed by atoms with Gasteiger partial charge in [-0.3, -0.25) is 9.59 Å². The van der Waals surface area contributed by atoms with Crippen LogP contribution < -0.4 is 10.1 Å². The van der Waals surface area contributed by atoms with Crippen molar-refractivity contribution < 1.29 is 18.7 Å². The van der Waals surface area contributed by atoms with Crippen molar-refractivity contribution in [2.45, 2.75) is 39.3 Å². The van der Waals surface area contributed by atoms with E-state index in [2.05, 4.69) is 21.2 Å². The standard InChI is InChI=1S/C22H25BrClFN2O3/c1-3-4-11-26-22(29)15(2)27(13-16-5-8-18(25)9-6-16)21(28)14-30-20-10-7-17(23)12-19(20)24/h5-10,12,15H,3-4,11,13-14H2,1-2H3,(H,26,29)/t15-/m1/s1. The van der Waals surface area contributed by atoms with Crippen molar-refractivity contribution in [3.63, 3.8) is 0 Å². The van der Waals surface area contributed by atoms with Crippen LogP contribution in [0.1, 0.15) is 32.3 Å². The molecule has 0 heterocycles. The van der Waals surface area contributed by atoms with Crippen molar-refractivity contribution in [2.75, 3.05) is 13.2 Å². The number of nitrogens with zero attached hydrogens (tertiary/aromatic N) is 1. The first-order valence-electron chi connectivity index (χ1n) is 9.71. The summed E-state index contributed by atoms with van der Waals surface area (Å²) in [6, 6.07) is 10.2. The van der Waals surface area contributed by atoms with E-state index < -0.39 is 6.04 Å². The number of carbonyl (C=O) groups excluding carboxylic acids is 2. The van der Waals surface area contributed by atoms with E-state index in [-0.39, 0.29) is 30.8 Å². The third-order valence-electron chi connectivity index (χ3n) is 4.51. The highest BCUT2D eigenvalue weighted by Crippen LogP contribution is 2.27. The number of unbranched alkanes of at least 4 members (excludes halogenated alkanes) is 1. The van der Waals surface area contributed by atoms with Gasteiger partial charge in [0.2, 0.25) is 5.91 Å². The molecule has 2 aromatic rings. The van der Waals surface area contributed by atoms with Crippen molar-refractivity contribution in [1.82, 2.24) is 10.2 Å². The number of amides is 2. The van der Waals surface area contributed by atoms with Crippen LogP contribution in [0.4, 0.5) is 4.39 Å². The lowest BCUT2D eigenvalue weighted by Gasteiger charge is -2.28. The summed E-state index contributed by atoms with van der Waals surface area (Å²) in [5.41, 5.74) is 0.708. The second-order valence-electron chi connectivity index (χ2n) is 6.83. The summed E-state index contributed by atoms with van der Waals surface area (Å²) >= 11 is 9.46. The van der Waals surface area contributed by atoms with Crippen LogP contribution in [0.3, 0.4) is 0 Å². The number of rotatable bonds is 10. The van der Waals surface area contributed by atoms with Gasteiger partial charge in [-0.15, -0.1) is 0 Å². The van der Waals surface area contributed by atoms with Crippen molar-refractivity contribution in [2.24, 2.45) is 0 Å². The average Bonchev–Trinajstić information content (AvgIpc) is 2.72. The van der Waals surface area contributed by atoms with Crippen LogP contribution in [-0.4, -0.2) is 35.9 Å². The number of ether oxygens (including phenoxy) is 1. The topological polar surface area (TPSA) is 58.6 Å². The molecule has 2 rings (SSSR count). The largest absolute Gasteiger partial charge is 0.482 e. The summed E-state index contributed by atoms with van der Waals surface area (Å²) in [7, 11) is 0. The van der Waals surface area contributed by atoms with E-state index in [0.717, 1.165) is 17.3 Å². The molecule has 30 heavy (non-hydrogen) atoms. The Morgan fingerprint density at radius 3 is 2.57 bits per heavy atom. The Balaban J connectivity index is 2.12. The number of hydrogen-bond donors (Lipinski definition) is 1. The maximum absolute atomic E-state index is 13.2. The van der Waals surface area contributed by atoms with E-state index >= 15 is 0 Å². The van der Waals surface area contributed by atoms with Crippen molar-refractivity contribution in [3.05, 3.63) is 63.3 Å². The monoisotopic (exact) mass is 498 g/mol. The van der Waals surface area contributed by atoms with Crippen molar-refractivity contribution in [3.8, 4) is 5.75 Å². The molecule has 0 fully saturated rings. The first kappa shape index (κ1) is 24.2. The maximum Gasteiger partial charge on any atom is 0.261 e. The van der Waals surface area contributed by atoms with Gasteiger partial charge in [0.15, 0.2) is 6.61 Å². The predicted octanol–water partition coefficient (Wildman–Crippen LogP) is 4.95. The molecule has 0 saturated carbocycles. The summed E-state index contributed by atoms with van der Waals surface area (Å²) in [6.45, 7) is 4.11. The molecule has 2 amide bonds. The SMILES string of the molecule is CCCCNC(=O)[C@@H](C)N(Cc1ccc(F)cc1)C(=O)COc1ccc(Br)cc1Cl. The highest BCUT2D eigenvalue weighted by atomic mass is 79.9. The van der Waals surface area contributed by atoms with E-state index in [1.165, 1.54) is 17.0 Å². The summed E-state index contributed by atoms with van der Waals surface area (Å²) in [5.74, 6) is -0.623. The minimum Gasteiger partial charge on any atom is -0.482 e. The number of benzene rings is 2. The lowest BCUT2D eigenvalue weighted by atomic mass is 10.1. The number of carbonyl (C=O) groups is 2. The summed E-state index contributed by atoms with van der Waals surface area (Å²) in [4.78, 5) is 26.9. The van der Waals surface area contributed by atoms with Gasteiger partial charge in [0.1, 0.15) is 17.6 Å². The van der Waals surface area contributed by atoms with E-state index in [1.807, 2.05) is 6.92 Å². The highest BCUT2D eigenvalue weighted by molar-refractivity contribution is 9.10. The zero-order valence-corrected chi connectivity index (χ0v) is 19.3. The molecular weight excluding hydrogens is 475 g/mol. The molecular formula is C22H25BrClFN2O3. The van der Waals surface area contributed by atoms with Crippen LogP contribution in [0, 0.1) is 5.82 Å². The molecule has 2 aromatic carbocycles. The van der Waals surface area contributed by atoms with Gasteiger partial charge in [-0.2, -0.15) is 0 Å².